The summed E-state index contributed by atoms with van der Waals surface area (Å²) < 4.78 is 16.4. The van der Waals surface area contributed by atoms with Crippen LogP contribution < -0.4 is 0 Å². The van der Waals surface area contributed by atoms with E-state index in [0.717, 1.165) is 24.0 Å². The third-order valence-electron chi connectivity index (χ3n) is 5.62. The predicted molar refractivity (Wildman–Crippen MR) is 94.1 cm³/mol. The van der Waals surface area contributed by atoms with Crippen molar-refractivity contribution in [1.82, 2.24) is 0 Å². The Kier molecular flexibility index (Phi) is 4.84. The Labute approximate surface area is 153 Å². The first-order valence-corrected chi connectivity index (χ1v) is 8.96. The molecule has 0 aromatic carbocycles. The molecule has 3 aliphatic rings. The zero-order valence-electron chi connectivity index (χ0n) is 15.7. The molecule has 3 rings (SSSR count). The molecule has 6 heteroatoms. The van der Waals surface area contributed by atoms with Crippen LogP contribution in [0.5, 0.6) is 0 Å². The van der Waals surface area contributed by atoms with Gasteiger partial charge in [0.2, 0.25) is 0 Å². The summed E-state index contributed by atoms with van der Waals surface area (Å²) in [5.74, 6) is -1.71. The first-order valence-electron chi connectivity index (χ1n) is 8.96. The van der Waals surface area contributed by atoms with Crippen molar-refractivity contribution in [3.8, 4) is 0 Å². The molecule has 0 radical (unpaired) electrons. The van der Waals surface area contributed by atoms with Gasteiger partial charge in [0.1, 0.15) is 18.3 Å². The second kappa shape index (κ2) is 6.67. The lowest BCUT2D eigenvalue weighted by atomic mass is 9.84. The largest absolute Gasteiger partial charge is 0.454 e. The summed E-state index contributed by atoms with van der Waals surface area (Å²) in [6.45, 7) is 11.0. The van der Waals surface area contributed by atoms with Crippen molar-refractivity contribution in [1.29, 1.82) is 0 Å². The van der Waals surface area contributed by atoms with Crippen LogP contribution in [0.4, 0.5) is 0 Å². The number of esters is 2. The molecule has 6 atom stereocenters. The molecule has 0 saturated carbocycles. The molecule has 142 valence electrons. The third-order valence-corrected chi connectivity index (χ3v) is 5.62. The minimum atomic E-state index is -1.14. The monoisotopic (exact) mass is 362 g/mol. The number of allylic oxidation sites excluding steroid dienone is 2. The first-order chi connectivity index (χ1) is 12.1. The summed E-state index contributed by atoms with van der Waals surface area (Å²) in [6.07, 6.45) is 2.48. The van der Waals surface area contributed by atoms with Crippen LogP contribution in [0.2, 0.25) is 0 Å². The highest BCUT2D eigenvalue weighted by molar-refractivity contribution is 5.91. The van der Waals surface area contributed by atoms with E-state index in [4.69, 9.17) is 14.2 Å². The summed E-state index contributed by atoms with van der Waals surface area (Å²) >= 11 is 0. The second-order valence-corrected chi connectivity index (χ2v) is 7.60. The lowest BCUT2D eigenvalue weighted by Gasteiger charge is -2.30. The summed E-state index contributed by atoms with van der Waals surface area (Å²) in [6, 6.07) is 0. The molecule has 2 fully saturated rings. The van der Waals surface area contributed by atoms with Gasteiger partial charge in [-0.1, -0.05) is 18.2 Å². The number of hydrogen-bond donors (Lipinski definition) is 1. The van der Waals surface area contributed by atoms with E-state index in [1.807, 2.05) is 26.0 Å². The van der Waals surface area contributed by atoms with Gasteiger partial charge in [-0.15, -0.1) is 0 Å². The van der Waals surface area contributed by atoms with Gasteiger partial charge in [-0.2, -0.15) is 0 Å². The maximum absolute atomic E-state index is 12.5. The Balaban J connectivity index is 1.91. The lowest BCUT2D eigenvalue weighted by Crippen LogP contribution is -2.43. The molecule has 1 aliphatic carbocycles. The molecular formula is C20H26O6. The van der Waals surface area contributed by atoms with Crippen LogP contribution in [0, 0.1) is 5.92 Å². The second-order valence-electron chi connectivity index (χ2n) is 7.60. The van der Waals surface area contributed by atoms with E-state index in [1.54, 1.807) is 13.8 Å². The fourth-order valence-electron chi connectivity index (χ4n) is 3.55. The van der Waals surface area contributed by atoms with E-state index in [9.17, 15) is 14.7 Å². The van der Waals surface area contributed by atoms with Gasteiger partial charge in [0.15, 0.2) is 5.60 Å². The number of carbonyl (C=O) groups is 2. The summed E-state index contributed by atoms with van der Waals surface area (Å²) in [4.78, 5) is 24.5. The van der Waals surface area contributed by atoms with Crippen LogP contribution in [0.25, 0.3) is 0 Å². The Morgan fingerprint density at radius 2 is 2.08 bits per heavy atom. The fraction of sp³-hybridized carbons (Fsp3) is 0.600. The highest BCUT2D eigenvalue weighted by atomic mass is 16.7. The minimum absolute atomic E-state index is 0.197. The van der Waals surface area contributed by atoms with Gasteiger partial charge in [0, 0.05) is 5.57 Å². The average Bonchev–Trinajstić information content (AvgIpc) is 3.09. The van der Waals surface area contributed by atoms with Gasteiger partial charge < -0.3 is 19.3 Å². The Morgan fingerprint density at radius 3 is 2.69 bits per heavy atom. The molecule has 0 aromatic heterocycles. The third kappa shape index (κ3) is 3.23. The molecular weight excluding hydrogens is 336 g/mol. The molecule has 2 saturated heterocycles. The molecule has 2 aliphatic heterocycles. The minimum Gasteiger partial charge on any atom is -0.454 e. The van der Waals surface area contributed by atoms with Crippen molar-refractivity contribution in [3.05, 3.63) is 35.5 Å². The molecule has 6 unspecified atom stereocenters. The van der Waals surface area contributed by atoms with Crippen molar-refractivity contribution in [2.75, 3.05) is 0 Å². The van der Waals surface area contributed by atoms with Crippen molar-refractivity contribution < 1.29 is 28.9 Å². The van der Waals surface area contributed by atoms with E-state index >= 15 is 0 Å². The van der Waals surface area contributed by atoms with Gasteiger partial charge in [0.25, 0.3) is 0 Å². The number of rotatable bonds is 2. The summed E-state index contributed by atoms with van der Waals surface area (Å²) in [7, 11) is 0. The Bertz CT molecular complexity index is 705. The van der Waals surface area contributed by atoms with Crippen LogP contribution in [0.3, 0.4) is 0 Å². The molecule has 0 aromatic rings. The van der Waals surface area contributed by atoms with Crippen LogP contribution in [-0.2, 0) is 23.8 Å². The SMILES string of the molecule is C=C1C(=O)OC2/C=C(\C)CC/C=C(\C)C(OC(=O)C3(C)OC3C)C(O)C12. The van der Waals surface area contributed by atoms with Gasteiger partial charge in [-0.25, -0.2) is 9.59 Å². The van der Waals surface area contributed by atoms with Crippen molar-refractivity contribution in [2.24, 2.45) is 5.92 Å². The number of hydrogen-bond acceptors (Lipinski definition) is 6. The van der Waals surface area contributed by atoms with Gasteiger partial charge in [-0.3, -0.25) is 0 Å². The van der Waals surface area contributed by atoms with E-state index in [-0.39, 0.29) is 11.7 Å². The number of aliphatic hydroxyl groups excluding tert-OH is 1. The summed E-state index contributed by atoms with van der Waals surface area (Å²) in [5.41, 5.74) is 1.03. The lowest BCUT2D eigenvalue weighted by molar-refractivity contribution is -0.160. The van der Waals surface area contributed by atoms with Crippen LogP contribution in [-0.4, -0.2) is 47.1 Å². The van der Waals surface area contributed by atoms with E-state index in [0.29, 0.717) is 0 Å². The average molecular weight is 362 g/mol. The van der Waals surface area contributed by atoms with Crippen molar-refractivity contribution in [2.45, 2.75) is 70.6 Å². The number of aliphatic hydroxyl groups is 1. The standard InChI is InChI=1S/C20H26O6/c1-10-7-6-8-11(2)17(25-19(23)20(5)13(4)26-20)16(21)15-12(3)18(22)24-14(15)9-10/h8-9,13-17,21H,3,6-7H2,1-2,4-5H3/b10-9+,11-8+. The highest BCUT2D eigenvalue weighted by Crippen LogP contribution is 2.39. The highest BCUT2D eigenvalue weighted by Gasteiger charge is 2.58. The molecule has 2 heterocycles. The quantitative estimate of drug-likeness (QED) is 0.351. The Hall–Kier alpha value is -1.92. The predicted octanol–water partition coefficient (Wildman–Crippen LogP) is 2.22. The van der Waals surface area contributed by atoms with Crippen LogP contribution in [0.1, 0.15) is 40.5 Å². The molecule has 0 spiro atoms. The van der Waals surface area contributed by atoms with Crippen molar-refractivity contribution in [3.63, 3.8) is 0 Å². The molecule has 0 bridgehead atoms. The van der Waals surface area contributed by atoms with E-state index in [2.05, 4.69) is 6.58 Å². The Morgan fingerprint density at radius 1 is 1.42 bits per heavy atom. The first kappa shape index (κ1) is 18.9. The molecule has 6 nitrogen and oxygen atoms in total. The fourth-order valence-corrected chi connectivity index (χ4v) is 3.55. The molecule has 26 heavy (non-hydrogen) atoms. The number of carbonyl (C=O) groups excluding carboxylic acids is 2. The van der Waals surface area contributed by atoms with E-state index < -0.39 is 41.8 Å². The smallest absolute Gasteiger partial charge is 0.341 e. The molecule has 0 amide bonds. The topological polar surface area (TPSA) is 85.4 Å². The van der Waals surface area contributed by atoms with Gasteiger partial charge in [0.05, 0.1) is 12.0 Å². The van der Waals surface area contributed by atoms with Gasteiger partial charge >= 0.3 is 11.9 Å². The van der Waals surface area contributed by atoms with Crippen LogP contribution >= 0.6 is 0 Å². The van der Waals surface area contributed by atoms with Gasteiger partial charge in [-0.05, 0) is 52.2 Å². The number of epoxide rings is 1. The maximum Gasteiger partial charge on any atom is 0.341 e. The van der Waals surface area contributed by atoms with E-state index in [1.165, 1.54) is 0 Å². The zero-order chi connectivity index (χ0) is 19.2. The van der Waals surface area contributed by atoms with Crippen LogP contribution in [0.15, 0.2) is 35.5 Å². The summed E-state index contributed by atoms with van der Waals surface area (Å²) in [5, 5.41) is 11.0. The molecule has 1 N–H and O–H groups in total. The maximum atomic E-state index is 12.5. The number of fused-ring (bicyclic) bond motifs is 1. The number of ether oxygens (including phenoxy) is 3. The van der Waals surface area contributed by atoms with Crippen molar-refractivity contribution >= 4 is 11.9 Å². The zero-order valence-corrected chi connectivity index (χ0v) is 15.7. The normalized spacial score (nSPS) is 44.1.